The summed E-state index contributed by atoms with van der Waals surface area (Å²) in [4.78, 5) is 0. The van der Waals surface area contributed by atoms with Crippen molar-refractivity contribution in [1.82, 2.24) is 13.9 Å². The largest absolute Gasteiger partial charge is 0.311 e. The van der Waals surface area contributed by atoms with Crippen LogP contribution in [0.2, 0.25) is 0 Å². The van der Waals surface area contributed by atoms with Gasteiger partial charge in [0.1, 0.15) is 0 Å². The van der Waals surface area contributed by atoms with Gasteiger partial charge in [-0.2, -0.15) is 17.0 Å². The molecule has 0 saturated carbocycles. The van der Waals surface area contributed by atoms with Crippen molar-refractivity contribution in [3.05, 3.63) is 35.9 Å². The lowest BCUT2D eigenvalue weighted by atomic mass is 10.2. The molecule has 112 valence electrons. The quantitative estimate of drug-likeness (QED) is 0.903. The van der Waals surface area contributed by atoms with E-state index in [1.165, 1.54) is 4.31 Å². The molecule has 0 radical (unpaired) electrons. The van der Waals surface area contributed by atoms with Crippen molar-refractivity contribution in [3.8, 4) is 0 Å². The summed E-state index contributed by atoms with van der Waals surface area (Å²) in [6.45, 7) is 5.55. The van der Waals surface area contributed by atoms with Gasteiger partial charge in [0.25, 0.3) is 10.2 Å². The minimum atomic E-state index is -3.42. The highest BCUT2D eigenvalue weighted by Crippen LogP contribution is 2.17. The Bertz CT molecular complexity index is 533. The molecule has 0 aliphatic carbocycles. The third-order valence-electron chi connectivity index (χ3n) is 3.65. The molecule has 0 spiro atoms. The molecule has 1 aromatic carbocycles. The Balaban J connectivity index is 2.12. The molecule has 20 heavy (non-hydrogen) atoms. The van der Waals surface area contributed by atoms with Crippen LogP contribution < -0.4 is 5.32 Å². The summed E-state index contributed by atoms with van der Waals surface area (Å²) in [5.74, 6) is 0. The molecule has 5 nitrogen and oxygen atoms in total. The molecule has 0 aromatic heterocycles. The highest BCUT2D eigenvalue weighted by molar-refractivity contribution is 7.86. The topological polar surface area (TPSA) is 52.7 Å². The Morgan fingerprint density at radius 1 is 1.30 bits per heavy atom. The Morgan fingerprint density at radius 2 is 1.95 bits per heavy atom. The molecule has 2 unspecified atom stereocenters. The lowest BCUT2D eigenvalue weighted by Crippen LogP contribution is -2.58. The molecule has 2 atom stereocenters. The number of hydrogen-bond donors (Lipinski definition) is 1. The average Bonchev–Trinajstić information content (AvgIpc) is 2.42. The molecule has 1 aliphatic heterocycles. The zero-order valence-corrected chi connectivity index (χ0v) is 13.1. The molecule has 1 saturated heterocycles. The van der Waals surface area contributed by atoms with Crippen LogP contribution in [0.1, 0.15) is 19.4 Å². The van der Waals surface area contributed by atoms with Crippen molar-refractivity contribution >= 4 is 10.2 Å². The Kier molecular flexibility index (Phi) is 4.80. The molecule has 1 aromatic rings. The first-order valence-electron chi connectivity index (χ1n) is 6.91. The molecule has 1 fully saturated rings. The number of nitrogens with one attached hydrogen (secondary N) is 1. The summed E-state index contributed by atoms with van der Waals surface area (Å²) in [6.07, 6.45) is 0. The summed E-state index contributed by atoms with van der Waals surface area (Å²) in [5, 5.41) is 3.30. The van der Waals surface area contributed by atoms with Crippen LogP contribution in [0.3, 0.4) is 0 Å². The van der Waals surface area contributed by atoms with Crippen molar-refractivity contribution in [2.45, 2.75) is 32.5 Å². The zero-order valence-electron chi connectivity index (χ0n) is 12.3. The molecular formula is C14H23N3O2S. The van der Waals surface area contributed by atoms with E-state index in [4.69, 9.17) is 0 Å². The first-order chi connectivity index (χ1) is 9.41. The number of piperazine rings is 1. The van der Waals surface area contributed by atoms with Crippen LogP contribution >= 0.6 is 0 Å². The van der Waals surface area contributed by atoms with Crippen molar-refractivity contribution < 1.29 is 8.42 Å². The van der Waals surface area contributed by atoms with E-state index in [0.717, 1.165) is 5.56 Å². The fourth-order valence-electron chi connectivity index (χ4n) is 2.41. The van der Waals surface area contributed by atoms with Crippen molar-refractivity contribution in [2.24, 2.45) is 0 Å². The Morgan fingerprint density at radius 3 is 2.60 bits per heavy atom. The summed E-state index contributed by atoms with van der Waals surface area (Å²) >= 11 is 0. The van der Waals surface area contributed by atoms with E-state index in [9.17, 15) is 8.42 Å². The van der Waals surface area contributed by atoms with Crippen LogP contribution in [0, 0.1) is 0 Å². The second-order valence-electron chi connectivity index (χ2n) is 5.48. The highest BCUT2D eigenvalue weighted by Gasteiger charge is 2.34. The van der Waals surface area contributed by atoms with E-state index in [-0.39, 0.29) is 12.1 Å². The van der Waals surface area contributed by atoms with E-state index in [1.54, 1.807) is 11.4 Å². The maximum Gasteiger partial charge on any atom is 0.282 e. The van der Waals surface area contributed by atoms with Gasteiger partial charge in [0, 0.05) is 38.8 Å². The van der Waals surface area contributed by atoms with Gasteiger partial charge in [0.15, 0.2) is 0 Å². The average molecular weight is 297 g/mol. The standard InChI is InChI=1S/C14H23N3O2S/c1-12-10-17(13(2)9-15-12)20(18,19)16(3)11-14-7-5-4-6-8-14/h4-8,12-13,15H,9-11H2,1-3H3. The van der Waals surface area contributed by atoms with E-state index >= 15 is 0 Å². The summed E-state index contributed by atoms with van der Waals surface area (Å²) < 4.78 is 28.4. The van der Waals surface area contributed by atoms with Crippen LogP contribution in [0.4, 0.5) is 0 Å². The van der Waals surface area contributed by atoms with E-state index < -0.39 is 10.2 Å². The van der Waals surface area contributed by atoms with Gasteiger partial charge in [-0.15, -0.1) is 0 Å². The Labute approximate surface area is 121 Å². The van der Waals surface area contributed by atoms with Gasteiger partial charge >= 0.3 is 0 Å². The van der Waals surface area contributed by atoms with Gasteiger partial charge in [0.05, 0.1) is 0 Å². The number of benzene rings is 1. The molecular weight excluding hydrogens is 274 g/mol. The highest BCUT2D eigenvalue weighted by atomic mass is 32.2. The van der Waals surface area contributed by atoms with E-state index in [0.29, 0.717) is 19.6 Å². The van der Waals surface area contributed by atoms with Gasteiger partial charge in [-0.05, 0) is 19.4 Å². The van der Waals surface area contributed by atoms with Crippen LogP contribution in [-0.4, -0.2) is 49.2 Å². The fraction of sp³-hybridized carbons (Fsp3) is 0.571. The van der Waals surface area contributed by atoms with E-state index in [2.05, 4.69) is 5.32 Å². The number of rotatable bonds is 4. The van der Waals surface area contributed by atoms with Crippen molar-refractivity contribution in [1.29, 1.82) is 0 Å². The second kappa shape index (κ2) is 6.22. The number of nitrogens with zero attached hydrogens (tertiary/aromatic N) is 2. The third kappa shape index (κ3) is 3.38. The first-order valence-corrected chi connectivity index (χ1v) is 8.31. The lowest BCUT2D eigenvalue weighted by Gasteiger charge is -2.38. The maximum absolute atomic E-state index is 12.7. The van der Waals surface area contributed by atoms with Crippen LogP contribution in [0.15, 0.2) is 30.3 Å². The smallest absolute Gasteiger partial charge is 0.282 e. The van der Waals surface area contributed by atoms with Gasteiger partial charge in [-0.1, -0.05) is 30.3 Å². The molecule has 2 rings (SSSR count). The zero-order chi connectivity index (χ0) is 14.8. The number of hydrogen-bond acceptors (Lipinski definition) is 3. The predicted molar refractivity (Wildman–Crippen MR) is 80.5 cm³/mol. The van der Waals surface area contributed by atoms with E-state index in [1.807, 2.05) is 44.2 Å². The monoisotopic (exact) mass is 297 g/mol. The molecule has 1 heterocycles. The van der Waals surface area contributed by atoms with Crippen molar-refractivity contribution in [2.75, 3.05) is 20.1 Å². The Hall–Kier alpha value is -0.950. The second-order valence-corrected chi connectivity index (χ2v) is 7.47. The summed E-state index contributed by atoms with van der Waals surface area (Å²) in [7, 11) is -1.78. The minimum Gasteiger partial charge on any atom is -0.311 e. The van der Waals surface area contributed by atoms with Gasteiger partial charge < -0.3 is 5.32 Å². The van der Waals surface area contributed by atoms with Gasteiger partial charge in [0.2, 0.25) is 0 Å². The third-order valence-corrected chi connectivity index (χ3v) is 5.66. The van der Waals surface area contributed by atoms with Gasteiger partial charge in [-0.3, -0.25) is 0 Å². The normalized spacial score (nSPS) is 25.0. The van der Waals surface area contributed by atoms with Crippen LogP contribution in [0.5, 0.6) is 0 Å². The molecule has 0 bridgehead atoms. The van der Waals surface area contributed by atoms with Crippen LogP contribution in [0.25, 0.3) is 0 Å². The molecule has 1 aliphatic rings. The SMILES string of the molecule is CC1CN(S(=O)(=O)N(C)Cc2ccccc2)C(C)CN1. The van der Waals surface area contributed by atoms with Gasteiger partial charge in [-0.25, -0.2) is 0 Å². The summed E-state index contributed by atoms with van der Waals surface area (Å²) in [5.41, 5.74) is 0.995. The van der Waals surface area contributed by atoms with Crippen LogP contribution in [-0.2, 0) is 16.8 Å². The van der Waals surface area contributed by atoms with Crippen molar-refractivity contribution in [3.63, 3.8) is 0 Å². The molecule has 6 heteroatoms. The molecule has 0 amide bonds. The first kappa shape index (κ1) is 15.4. The lowest BCUT2D eigenvalue weighted by molar-refractivity contribution is 0.229. The maximum atomic E-state index is 12.7. The summed E-state index contributed by atoms with van der Waals surface area (Å²) in [6, 6.07) is 9.82. The molecule has 1 N–H and O–H groups in total. The fourth-order valence-corrected chi connectivity index (χ4v) is 4.02. The predicted octanol–water partition coefficient (Wildman–Crippen LogP) is 1.05. The minimum absolute atomic E-state index is 0.0191.